The molecule has 2 aromatic carbocycles. The van der Waals surface area contributed by atoms with Crippen molar-refractivity contribution >= 4 is 5.91 Å². The Balaban J connectivity index is 1.64. The summed E-state index contributed by atoms with van der Waals surface area (Å²) in [6.07, 6.45) is 4.51. The minimum Gasteiger partial charge on any atom is -0.454 e. The van der Waals surface area contributed by atoms with Crippen molar-refractivity contribution in [3.05, 3.63) is 89.2 Å². The fourth-order valence-electron chi connectivity index (χ4n) is 3.28. The monoisotopic (exact) mass is 374 g/mol. The Bertz CT molecular complexity index is 955. The summed E-state index contributed by atoms with van der Waals surface area (Å²) in [4.78, 5) is 19.4. The summed E-state index contributed by atoms with van der Waals surface area (Å²) >= 11 is 0. The number of carbonyl (C=O) groups is 1. The first-order valence-electron chi connectivity index (χ1n) is 9.39. The first-order valence-corrected chi connectivity index (χ1v) is 9.39. The number of ether oxygens (including phenoxy) is 2. The molecule has 5 heteroatoms. The molecule has 1 aliphatic heterocycles. The molecule has 0 fully saturated rings. The second-order valence-electron chi connectivity index (χ2n) is 6.73. The molecular weight excluding hydrogens is 352 g/mol. The van der Waals surface area contributed by atoms with Crippen LogP contribution in [0.15, 0.2) is 67.0 Å². The van der Waals surface area contributed by atoms with Crippen LogP contribution in [0, 0.1) is 0 Å². The summed E-state index contributed by atoms with van der Waals surface area (Å²) in [5.41, 5.74) is 3.86. The van der Waals surface area contributed by atoms with E-state index in [-0.39, 0.29) is 12.7 Å². The van der Waals surface area contributed by atoms with Gasteiger partial charge in [-0.15, -0.1) is 0 Å². The summed E-state index contributed by atoms with van der Waals surface area (Å²) in [7, 11) is 0. The maximum atomic E-state index is 13.4. The van der Waals surface area contributed by atoms with Crippen LogP contribution in [-0.4, -0.2) is 22.6 Å². The van der Waals surface area contributed by atoms with Crippen molar-refractivity contribution in [2.75, 3.05) is 6.79 Å². The number of amides is 1. The molecule has 0 spiro atoms. The van der Waals surface area contributed by atoms with Gasteiger partial charge in [0.05, 0.1) is 5.56 Å². The number of hydrogen-bond donors (Lipinski definition) is 0. The maximum Gasteiger partial charge on any atom is 0.258 e. The van der Waals surface area contributed by atoms with Crippen molar-refractivity contribution in [2.45, 2.75) is 26.4 Å². The highest BCUT2D eigenvalue weighted by Gasteiger charge is 2.25. The normalized spacial score (nSPS) is 12.0. The minimum absolute atomic E-state index is 0.0919. The largest absolute Gasteiger partial charge is 0.454 e. The number of carbonyl (C=O) groups excluding carboxylic acids is 1. The maximum absolute atomic E-state index is 13.4. The van der Waals surface area contributed by atoms with E-state index in [9.17, 15) is 4.79 Å². The molecule has 1 aliphatic rings. The molecule has 5 nitrogen and oxygen atoms in total. The molecule has 0 aliphatic carbocycles. The van der Waals surface area contributed by atoms with Crippen LogP contribution in [0.2, 0.25) is 0 Å². The van der Waals surface area contributed by atoms with Gasteiger partial charge in [-0.2, -0.15) is 0 Å². The molecule has 0 unspecified atom stereocenters. The molecule has 0 radical (unpaired) electrons. The van der Waals surface area contributed by atoms with Crippen molar-refractivity contribution < 1.29 is 14.3 Å². The van der Waals surface area contributed by atoms with Crippen molar-refractivity contribution in [1.82, 2.24) is 9.88 Å². The Morgan fingerprint density at radius 1 is 0.964 bits per heavy atom. The predicted molar refractivity (Wildman–Crippen MR) is 106 cm³/mol. The molecule has 142 valence electrons. The van der Waals surface area contributed by atoms with Gasteiger partial charge in [0.15, 0.2) is 11.5 Å². The van der Waals surface area contributed by atoms with Crippen LogP contribution in [-0.2, 0) is 19.5 Å². The van der Waals surface area contributed by atoms with Gasteiger partial charge in [-0.05, 0) is 41.3 Å². The molecular formula is C23H22N2O3. The molecule has 0 N–H and O–H groups in total. The van der Waals surface area contributed by atoms with Crippen LogP contribution in [0.3, 0.4) is 0 Å². The van der Waals surface area contributed by atoms with Gasteiger partial charge in [-0.25, -0.2) is 0 Å². The fraction of sp³-hybridized carbons (Fsp3) is 0.217. The average Bonchev–Trinajstić information content (AvgIpc) is 3.23. The van der Waals surface area contributed by atoms with Crippen molar-refractivity contribution in [3.63, 3.8) is 0 Å². The Hall–Kier alpha value is -3.34. The summed E-state index contributed by atoms with van der Waals surface area (Å²) in [6.45, 7) is 3.24. The fourth-order valence-corrected chi connectivity index (χ4v) is 3.28. The molecule has 28 heavy (non-hydrogen) atoms. The number of aryl methyl sites for hydroxylation is 1. The van der Waals surface area contributed by atoms with E-state index in [2.05, 4.69) is 36.2 Å². The average molecular weight is 374 g/mol. The zero-order valence-electron chi connectivity index (χ0n) is 15.8. The number of nitrogens with zero attached hydrogens (tertiary/aromatic N) is 2. The van der Waals surface area contributed by atoms with Gasteiger partial charge >= 0.3 is 0 Å². The first-order chi connectivity index (χ1) is 13.7. The second-order valence-corrected chi connectivity index (χ2v) is 6.73. The van der Waals surface area contributed by atoms with Gasteiger partial charge in [-0.3, -0.25) is 9.78 Å². The number of hydrogen-bond acceptors (Lipinski definition) is 4. The van der Waals surface area contributed by atoms with Crippen molar-refractivity contribution in [3.8, 4) is 11.5 Å². The van der Waals surface area contributed by atoms with E-state index in [4.69, 9.17) is 9.47 Å². The standard InChI is InChI=1S/C23H22N2O3/c1-2-17-8-10-18(11-9-17)14-25(15-19-5-4-12-24-13-19)23(26)20-6-3-7-21-22(20)28-16-27-21/h3-13H,2,14-16H2,1H3. The number of pyridine rings is 1. The van der Waals surface area contributed by atoms with Crippen LogP contribution in [0.1, 0.15) is 34.0 Å². The lowest BCUT2D eigenvalue weighted by Gasteiger charge is -2.23. The number of benzene rings is 2. The van der Waals surface area contributed by atoms with E-state index in [1.807, 2.05) is 29.2 Å². The highest BCUT2D eigenvalue weighted by atomic mass is 16.7. The van der Waals surface area contributed by atoms with Gasteiger partial charge in [0.25, 0.3) is 5.91 Å². The molecule has 0 atom stereocenters. The van der Waals surface area contributed by atoms with Crippen LogP contribution in [0.4, 0.5) is 0 Å². The van der Waals surface area contributed by atoms with Crippen LogP contribution in [0.5, 0.6) is 11.5 Å². The summed E-state index contributed by atoms with van der Waals surface area (Å²) < 4.78 is 11.0. The molecule has 0 saturated carbocycles. The molecule has 1 amide bonds. The summed E-state index contributed by atoms with van der Waals surface area (Å²) in [5, 5.41) is 0. The van der Waals surface area contributed by atoms with Crippen LogP contribution >= 0.6 is 0 Å². The molecule has 4 rings (SSSR count). The Kier molecular flexibility index (Phi) is 5.24. The third-order valence-electron chi connectivity index (χ3n) is 4.82. The van der Waals surface area contributed by atoms with Crippen molar-refractivity contribution in [1.29, 1.82) is 0 Å². The van der Waals surface area contributed by atoms with Gasteiger partial charge in [0.2, 0.25) is 6.79 Å². The van der Waals surface area contributed by atoms with Gasteiger partial charge in [0, 0.05) is 25.5 Å². The summed E-state index contributed by atoms with van der Waals surface area (Å²) in [5.74, 6) is 1.04. The summed E-state index contributed by atoms with van der Waals surface area (Å²) in [6, 6.07) is 17.7. The quantitative estimate of drug-likeness (QED) is 0.648. The van der Waals surface area contributed by atoms with Gasteiger partial charge < -0.3 is 14.4 Å². The van der Waals surface area contributed by atoms with Gasteiger partial charge in [-0.1, -0.05) is 43.3 Å². The topological polar surface area (TPSA) is 51.7 Å². The number of fused-ring (bicyclic) bond motifs is 1. The zero-order chi connectivity index (χ0) is 19.3. The lowest BCUT2D eigenvalue weighted by Crippen LogP contribution is -2.30. The third-order valence-corrected chi connectivity index (χ3v) is 4.82. The Labute approximate surface area is 164 Å². The number of aromatic nitrogens is 1. The van der Waals surface area contributed by atoms with Crippen molar-refractivity contribution in [2.24, 2.45) is 0 Å². The lowest BCUT2D eigenvalue weighted by molar-refractivity contribution is 0.0725. The van der Waals surface area contributed by atoms with Gasteiger partial charge in [0.1, 0.15) is 0 Å². The number of rotatable bonds is 6. The molecule has 1 aromatic heterocycles. The van der Waals surface area contributed by atoms with Crippen LogP contribution in [0.25, 0.3) is 0 Å². The van der Waals surface area contributed by atoms with E-state index in [1.165, 1.54) is 5.56 Å². The highest BCUT2D eigenvalue weighted by molar-refractivity contribution is 5.98. The zero-order valence-corrected chi connectivity index (χ0v) is 15.8. The molecule has 3 aromatic rings. The Morgan fingerprint density at radius 2 is 1.75 bits per heavy atom. The molecule has 0 saturated heterocycles. The smallest absolute Gasteiger partial charge is 0.258 e. The van der Waals surface area contributed by atoms with E-state index in [0.717, 1.165) is 17.5 Å². The minimum atomic E-state index is -0.0919. The molecule has 0 bridgehead atoms. The highest BCUT2D eigenvalue weighted by Crippen LogP contribution is 2.36. The SMILES string of the molecule is CCc1ccc(CN(Cc2cccnc2)C(=O)c2cccc3c2OCO3)cc1. The van der Waals surface area contributed by atoms with E-state index < -0.39 is 0 Å². The number of para-hydroxylation sites is 1. The first kappa shape index (κ1) is 18.0. The van der Waals surface area contributed by atoms with E-state index in [1.54, 1.807) is 18.5 Å². The van der Waals surface area contributed by atoms with Crippen LogP contribution < -0.4 is 9.47 Å². The second kappa shape index (κ2) is 8.13. The van der Waals surface area contributed by atoms with E-state index in [0.29, 0.717) is 30.2 Å². The lowest BCUT2D eigenvalue weighted by atomic mass is 10.1. The van der Waals surface area contributed by atoms with E-state index >= 15 is 0 Å². The predicted octanol–water partition coefficient (Wildman–Crippen LogP) is 4.22. The Morgan fingerprint density at radius 3 is 2.50 bits per heavy atom. The molecule has 2 heterocycles. The third kappa shape index (κ3) is 3.83.